The molecule has 8 heteroatoms. The fourth-order valence-corrected chi connectivity index (χ4v) is 3.50. The van der Waals surface area contributed by atoms with Crippen molar-refractivity contribution in [3.63, 3.8) is 0 Å². The van der Waals surface area contributed by atoms with Crippen molar-refractivity contribution >= 4 is 17.6 Å². The van der Waals surface area contributed by atoms with E-state index in [2.05, 4.69) is 10.6 Å². The molecule has 0 aliphatic carbocycles. The van der Waals surface area contributed by atoms with Gasteiger partial charge in [0.1, 0.15) is 17.5 Å². The average Bonchev–Trinajstić information content (AvgIpc) is 2.73. The van der Waals surface area contributed by atoms with E-state index in [1.165, 1.54) is 30.3 Å². The van der Waals surface area contributed by atoms with Gasteiger partial charge in [0, 0.05) is 43.4 Å². The summed E-state index contributed by atoms with van der Waals surface area (Å²) in [4.78, 5) is 26.2. The number of benzene rings is 2. The predicted octanol–water partition coefficient (Wildman–Crippen LogP) is 4.44. The quantitative estimate of drug-likeness (QED) is 0.727. The zero-order valence-corrected chi connectivity index (χ0v) is 16.5. The standard InChI is InChI=1S/C22H24F3N3O2/c23-17-6-8-19(9-7-17)27-22(30)28-11-1-2-15(14-28)3-10-21(29)26-13-16-4-5-18(24)12-20(16)25/h4-9,12,15H,1-3,10-11,13-14H2,(H,26,29)(H,27,30)/t15-/m0/s1. The largest absolute Gasteiger partial charge is 0.352 e. The molecule has 1 fully saturated rings. The van der Waals surface area contributed by atoms with Crippen LogP contribution in [0.5, 0.6) is 0 Å². The highest BCUT2D eigenvalue weighted by Gasteiger charge is 2.24. The second-order valence-corrected chi connectivity index (χ2v) is 7.44. The molecule has 1 aliphatic heterocycles. The van der Waals surface area contributed by atoms with E-state index in [9.17, 15) is 22.8 Å². The van der Waals surface area contributed by atoms with Crippen molar-refractivity contribution < 1.29 is 22.8 Å². The van der Waals surface area contributed by atoms with Crippen molar-refractivity contribution in [1.29, 1.82) is 0 Å². The molecule has 0 aromatic heterocycles. The van der Waals surface area contributed by atoms with Gasteiger partial charge < -0.3 is 15.5 Å². The number of nitrogens with one attached hydrogen (secondary N) is 2. The molecule has 0 unspecified atom stereocenters. The maximum Gasteiger partial charge on any atom is 0.321 e. The van der Waals surface area contributed by atoms with Crippen LogP contribution >= 0.6 is 0 Å². The number of halogens is 3. The van der Waals surface area contributed by atoms with Crippen molar-refractivity contribution in [3.8, 4) is 0 Å². The zero-order chi connectivity index (χ0) is 21.5. The molecule has 2 aromatic carbocycles. The van der Waals surface area contributed by atoms with Crippen LogP contribution in [0.25, 0.3) is 0 Å². The molecule has 0 saturated carbocycles. The molecule has 0 radical (unpaired) electrons. The monoisotopic (exact) mass is 419 g/mol. The fourth-order valence-electron chi connectivity index (χ4n) is 3.50. The van der Waals surface area contributed by atoms with Gasteiger partial charge in [-0.2, -0.15) is 0 Å². The third kappa shape index (κ3) is 6.23. The number of hydrogen-bond donors (Lipinski definition) is 2. The van der Waals surface area contributed by atoms with E-state index in [0.717, 1.165) is 25.0 Å². The normalized spacial score (nSPS) is 16.2. The maximum atomic E-state index is 13.6. The lowest BCUT2D eigenvalue weighted by Gasteiger charge is -2.32. The molecule has 1 aliphatic rings. The number of likely N-dealkylation sites (tertiary alicyclic amines) is 1. The molecule has 3 rings (SSSR count). The molecule has 0 spiro atoms. The Labute approximate surface area is 173 Å². The molecular weight excluding hydrogens is 395 g/mol. The van der Waals surface area contributed by atoms with Gasteiger partial charge in [-0.1, -0.05) is 6.07 Å². The van der Waals surface area contributed by atoms with Gasteiger partial charge in [-0.05, 0) is 55.5 Å². The Morgan fingerprint density at radius 1 is 1.03 bits per heavy atom. The van der Waals surface area contributed by atoms with Crippen LogP contribution in [0.1, 0.15) is 31.2 Å². The summed E-state index contributed by atoms with van der Waals surface area (Å²) in [6.45, 7) is 1.16. The average molecular weight is 419 g/mol. The first kappa shape index (κ1) is 21.7. The lowest BCUT2D eigenvalue weighted by molar-refractivity contribution is -0.121. The minimum Gasteiger partial charge on any atom is -0.352 e. The van der Waals surface area contributed by atoms with Gasteiger partial charge in [-0.15, -0.1) is 0 Å². The van der Waals surface area contributed by atoms with E-state index in [1.54, 1.807) is 4.90 Å². The second-order valence-electron chi connectivity index (χ2n) is 7.44. The first-order valence-corrected chi connectivity index (χ1v) is 9.93. The fraction of sp³-hybridized carbons (Fsp3) is 0.364. The van der Waals surface area contributed by atoms with E-state index in [1.807, 2.05) is 0 Å². The van der Waals surface area contributed by atoms with Gasteiger partial charge in [-0.3, -0.25) is 4.79 Å². The third-order valence-corrected chi connectivity index (χ3v) is 5.17. The van der Waals surface area contributed by atoms with Crippen LogP contribution in [0.3, 0.4) is 0 Å². The number of hydrogen-bond acceptors (Lipinski definition) is 2. The highest BCUT2D eigenvalue weighted by molar-refractivity contribution is 5.89. The Kier molecular flexibility index (Phi) is 7.32. The molecule has 1 saturated heterocycles. The number of carbonyl (C=O) groups excluding carboxylic acids is 2. The summed E-state index contributed by atoms with van der Waals surface area (Å²) in [5, 5.41) is 5.40. The second kappa shape index (κ2) is 10.1. The van der Waals surface area contributed by atoms with Crippen LogP contribution < -0.4 is 10.6 Å². The summed E-state index contributed by atoms with van der Waals surface area (Å²) in [6, 6.07) is 8.57. The summed E-state index contributed by atoms with van der Waals surface area (Å²) in [6.07, 6.45) is 2.63. The van der Waals surface area contributed by atoms with E-state index < -0.39 is 11.6 Å². The topological polar surface area (TPSA) is 61.4 Å². The first-order chi connectivity index (χ1) is 14.4. The summed E-state index contributed by atoms with van der Waals surface area (Å²) in [5.74, 6) is -1.75. The van der Waals surface area contributed by atoms with Crippen molar-refractivity contribution in [1.82, 2.24) is 10.2 Å². The molecule has 3 amide bonds. The molecule has 1 heterocycles. The number of piperidine rings is 1. The number of amides is 3. The highest BCUT2D eigenvalue weighted by Crippen LogP contribution is 2.22. The van der Waals surface area contributed by atoms with E-state index in [-0.39, 0.29) is 42.2 Å². The minimum atomic E-state index is -0.689. The van der Waals surface area contributed by atoms with Crippen LogP contribution in [0.4, 0.5) is 23.7 Å². The van der Waals surface area contributed by atoms with Gasteiger partial charge >= 0.3 is 6.03 Å². The molecule has 160 valence electrons. The summed E-state index contributed by atoms with van der Waals surface area (Å²) < 4.78 is 39.5. The Morgan fingerprint density at radius 2 is 1.77 bits per heavy atom. The van der Waals surface area contributed by atoms with E-state index >= 15 is 0 Å². The van der Waals surface area contributed by atoms with Crippen LogP contribution in [0.2, 0.25) is 0 Å². The number of anilines is 1. The molecule has 1 atom stereocenters. The van der Waals surface area contributed by atoms with Crippen LogP contribution in [-0.2, 0) is 11.3 Å². The Morgan fingerprint density at radius 3 is 2.50 bits per heavy atom. The number of urea groups is 1. The Bertz CT molecular complexity index is 890. The van der Waals surface area contributed by atoms with E-state index in [4.69, 9.17) is 0 Å². The molecule has 5 nitrogen and oxygen atoms in total. The summed E-state index contributed by atoms with van der Waals surface area (Å²) >= 11 is 0. The number of nitrogens with zero attached hydrogens (tertiary/aromatic N) is 1. The van der Waals surface area contributed by atoms with Crippen LogP contribution in [-0.4, -0.2) is 29.9 Å². The molecule has 2 N–H and O–H groups in total. The van der Waals surface area contributed by atoms with Crippen LogP contribution in [0, 0.1) is 23.4 Å². The number of rotatable bonds is 6. The zero-order valence-electron chi connectivity index (χ0n) is 16.5. The predicted molar refractivity (Wildman–Crippen MR) is 107 cm³/mol. The van der Waals surface area contributed by atoms with E-state index in [0.29, 0.717) is 25.2 Å². The molecule has 0 bridgehead atoms. The molecule has 30 heavy (non-hydrogen) atoms. The highest BCUT2D eigenvalue weighted by atomic mass is 19.1. The van der Waals surface area contributed by atoms with Gasteiger partial charge in [0.25, 0.3) is 0 Å². The van der Waals surface area contributed by atoms with Gasteiger partial charge in [0.2, 0.25) is 5.91 Å². The summed E-state index contributed by atoms with van der Waals surface area (Å²) in [5.41, 5.74) is 0.752. The lowest BCUT2D eigenvalue weighted by atomic mass is 9.93. The Hall–Kier alpha value is -3.03. The summed E-state index contributed by atoms with van der Waals surface area (Å²) in [7, 11) is 0. The minimum absolute atomic E-state index is 0.00180. The Balaban J connectivity index is 1.42. The smallest absolute Gasteiger partial charge is 0.321 e. The number of carbonyl (C=O) groups is 2. The van der Waals surface area contributed by atoms with Crippen molar-refractivity contribution in [2.45, 2.75) is 32.2 Å². The van der Waals surface area contributed by atoms with Crippen molar-refractivity contribution in [2.24, 2.45) is 5.92 Å². The van der Waals surface area contributed by atoms with Crippen molar-refractivity contribution in [2.75, 3.05) is 18.4 Å². The van der Waals surface area contributed by atoms with Crippen LogP contribution in [0.15, 0.2) is 42.5 Å². The lowest BCUT2D eigenvalue weighted by Crippen LogP contribution is -2.42. The van der Waals surface area contributed by atoms with Crippen molar-refractivity contribution in [3.05, 3.63) is 65.5 Å². The first-order valence-electron chi connectivity index (χ1n) is 9.93. The van der Waals surface area contributed by atoms with Gasteiger partial charge in [-0.25, -0.2) is 18.0 Å². The van der Waals surface area contributed by atoms with Gasteiger partial charge in [0.15, 0.2) is 0 Å². The molecule has 2 aromatic rings. The SMILES string of the molecule is O=C(CC[C@@H]1CCCN(C(=O)Nc2ccc(F)cc2)C1)NCc1ccc(F)cc1F. The maximum absolute atomic E-state index is 13.6. The molecular formula is C22H24F3N3O2. The third-order valence-electron chi connectivity index (χ3n) is 5.17. The van der Waals surface area contributed by atoms with Gasteiger partial charge in [0.05, 0.1) is 0 Å².